The Kier molecular flexibility index (Phi) is 4.50. The second kappa shape index (κ2) is 6.12. The molecule has 0 heterocycles. The van der Waals surface area contributed by atoms with E-state index in [4.69, 9.17) is 4.74 Å². The molecule has 0 fully saturated rings. The summed E-state index contributed by atoms with van der Waals surface area (Å²) in [6.45, 7) is 0. The summed E-state index contributed by atoms with van der Waals surface area (Å²) in [6.07, 6.45) is 0. The maximum atomic E-state index is 12.1. The molecule has 0 saturated carbocycles. The first-order valence-corrected chi connectivity index (χ1v) is 6.78. The Bertz CT molecular complexity index is 616. The number of hydrogen-bond donors (Lipinski definition) is 2. The van der Waals surface area contributed by atoms with E-state index in [0.29, 0.717) is 21.9 Å². The van der Waals surface area contributed by atoms with Crippen LogP contribution < -0.4 is 10.1 Å². The van der Waals surface area contributed by atoms with Crippen LogP contribution in [-0.4, -0.2) is 13.0 Å². The first-order chi connectivity index (χ1) is 9.11. The SMILES string of the molecule is COc1ccc(NC(=O)c2ccccc2S)cc1Br. The zero-order valence-electron chi connectivity index (χ0n) is 10.2. The molecular weight excluding hydrogens is 326 g/mol. The molecule has 0 bridgehead atoms. The number of benzene rings is 2. The maximum absolute atomic E-state index is 12.1. The fourth-order valence-electron chi connectivity index (χ4n) is 1.61. The monoisotopic (exact) mass is 337 g/mol. The van der Waals surface area contributed by atoms with Gasteiger partial charge in [0.1, 0.15) is 5.75 Å². The number of nitrogens with one attached hydrogen (secondary N) is 1. The average molecular weight is 338 g/mol. The van der Waals surface area contributed by atoms with Crippen LogP contribution in [0.3, 0.4) is 0 Å². The van der Waals surface area contributed by atoms with E-state index in [1.807, 2.05) is 6.07 Å². The molecule has 0 saturated heterocycles. The predicted octanol–water partition coefficient (Wildman–Crippen LogP) is 4.00. The number of carbonyl (C=O) groups excluding carboxylic acids is 1. The number of rotatable bonds is 3. The standard InChI is InChI=1S/C14H12BrNO2S/c1-18-12-7-6-9(8-11(12)15)16-14(17)10-4-2-3-5-13(10)19/h2-8,19H,1H3,(H,16,17). The number of anilines is 1. The molecule has 2 aromatic rings. The van der Waals surface area contributed by atoms with E-state index in [2.05, 4.69) is 33.9 Å². The molecule has 0 radical (unpaired) electrons. The lowest BCUT2D eigenvalue weighted by Crippen LogP contribution is -2.12. The van der Waals surface area contributed by atoms with E-state index in [1.165, 1.54) is 0 Å². The number of carbonyl (C=O) groups is 1. The molecule has 0 spiro atoms. The van der Waals surface area contributed by atoms with Gasteiger partial charge in [-0.2, -0.15) is 0 Å². The van der Waals surface area contributed by atoms with Crippen LogP contribution in [0, 0.1) is 0 Å². The van der Waals surface area contributed by atoms with Gasteiger partial charge in [0.2, 0.25) is 0 Å². The smallest absolute Gasteiger partial charge is 0.256 e. The fraction of sp³-hybridized carbons (Fsp3) is 0.0714. The van der Waals surface area contributed by atoms with Gasteiger partial charge >= 0.3 is 0 Å². The number of methoxy groups -OCH3 is 1. The zero-order valence-corrected chi connectivity index (χ0v) is 12.7. The third-order valence-electron chi connectivity index (χ3n) is 2.56. The van der Waals surface area contributed by atoms with Crippen LogP contribution >= 0.6 is 28.6 Å². The van der Waals surface area contributed by atoms with E-state index in [9.17, 15) is 4.79 Å². The third-order valence-corrected chi connectivity index (χ3v) is 3.57. The molecule has 2 aromatic carbocycles. The highest BCUT2D eigenvalue weighted by molar-refractivity contribution is 9.10. The van der Waals surface area contributed by atoms with E-state index < -0.39 is 0 Å². The van der Waals surface area contributed by atoms with Gasteiger partial charge in [0.25, 0.3) is 5.91 Å². The van der Waals surface area contributed by atoms with E-state index in [-0.39, 0.29) is 5.91 Å². The Morgan fingerprint density at radius 1 is 1.26 bits per heavy atom. The van der Waals surface area contributed by atoms with Crippen molar-refractivity contribution in [1.82, 2.24) is 0 Å². The Labute approximate surface area is 125 Å². The van der Waals surface area contributed by atoms with Gasteiger partial charge in [-0.3, -0.25) is 4.79 Å². The average Bonchev–Trinajstić information content (AvgIpc) is 2.39. The zero-order chi connectivity index (χ0) is 13.8. The summed E-state index contributed by atoms with van der Waals surface area (Å²) in [5.74, 6) is 0.523. The molecule has 1 N–H and O–H groups in total. The van der Waals surface area contributed by atoms with Crippen LogP contribution in [0.1, 0.15) is 10.4 Å². The van der Waals surface area contributed by atoms with Crippen LogP contribution in [-0.2, 0) is 0 Å². The summed E-state index contributed by atoms with van der Waals surface area (Å²) >= 11 is 7.64. The minimum absolute atomic E-state index is 0.192. The molecule has 0 aromatic heterocycles. The minimum Gasteiger partial charge on any atom is -0.496 e. The fourth-order valence-corrected chi connectivity index (χ4v) is 2.41. The third kappa shape index (κ3) is 3.30. The lowest BCUT2D eigenvalue weighted by Gasteiger charge is -2.09. The molecule has 1 amide bonds. The summed E-state index contributed by atoms with van der Waals surface area (Å²) in [5.41, 5.74) is 1.23. The minimum atomic E-state index is -0.192. The second-order valence-electron chi connectivity index (χ2n) is 3.82. The van der Waals surface area contributed by atoms with Crippen LogP contribution in [0.25, 0.3) is 0 Å². The van der Waals surface area contributed by atoms with Gasteiger partial charge in [-0.05, 0) is 46.3 Å². The molecule has 19 heavy (non-hydrogen) atoms. The van der Waals surface area contributed by atoms with Crippen molar-refractivity contribution in [2.24, 2.45) is 0 Å². The van der Waals surface area contributed by atoms with Gasteiger partial charge in [-0.15, -0.1) is 12.6 Å². The second-order valence-corrected chi connectivity index (χ2v) is 5.16. The number of halogens is 1. The number of amides is 1. The predicted molar refractivity (Wildman–Crippen MR) is 82.3 cm³/mol. The first-order valence-electron chi connectivity index (χ1n) is 5.54. The van der Waals surface area contributed by atoms with E-state index >= 15 is 0 Å². The highest BCUT2D eigenvalue weighted by Crippen LogP contribution is 2.28. The molecule has 0 unspecified atom stereocenters. The lowest BCUT2D eigenvalue weighted by molar-refractivity contribution is 0.102. The van der Waals surface area contributed by atoms with Gasteiger partial charge in [-0.1, -0.05) is 12.1 Å². The van der Waals surface area contributed by atoms with Crippen molar-refractivity contribution in [2.45, 2.75) is 4.90 Å². The van der Waals surface area contributed by atoms with Crippen molar-refractivity contribution < 1.29 is 9.53 Å². The Balaban J connectivity index is 2.20. The van der Waals surface area contributed by atoms with Crippen LogP contribution in [0.2, 0.25) is 0 Å². The van der Waals surface area contributed by atoms with Crippen molar-refractivity contribution >= 4 is 40.2 Å². The molecule has 98 valence electrons. The molecule has 2 rings (SSSR count). The molecule has 3 nitrogen and oxygen atoms in total. The quantitative estimate of drug-likeness (QED) is 0.831. The van der Waals surface area contributed by atoms with Crippen molar-refractivity contribution in [3.8, 4) is 5.75 Å². The summed E-state index contributed by atoms with van der Waals surface area (Å²) in [7, 11) is 1.59. The highest BCUT2D eigenvalue weighted by atomic mass is 79.9. The molecule has 0 aliphatic carbocycles. The van der Waals surface area contributed by atoms with Gasteiger partial charge < -0.3 is 10.1 Å². The molecule has 0 atom stereocenters. The van der Waals surface area contributed by atoms with Gasteiger partial charge in [-0.25, -0.2) is 0 Å². The van der Waals surface area contributed by atoms with Gasteiger partial charge in [0.15, 0.2) is 0 Å². The van der Waals surface area contributed by atoms with Crippen molar-refractivity contribution in [2.75, 3.05) is 12.4 Å². The van der Waals surface area contributed by atoms with Gasteiger partial charge in [0, 0.05) is 10.6 Å². The van der Waals surface area contributed by atoms with Crippen LogP contribution in [0.4, 0.5) is 5.69 Å². The maximum Gasteiger partial charge on any atom is 0.256 e. The van der Waals surface area contributed by atoms with Crippen molar-refractivity contribution in [3.63, 3.8) is 0 Å². The lowest BCUT2D eigenvalue weighted by atomic mass is 10.2. The number of hydrogen-bond acceptors (Lipinski definition) is 3. The molecule has 0 aliphatic heterocycles. The Hall–Kier alpha value is -1.46. The molecular formula is C14H12BrNO2S. The number of thiol groups is 1. The van der Waals surface area contributed by atoms with Crippen molar-refractivity contribution in [3.05, 3.63) is 52.5 Å². The largest absolute Gasteiger partial charge is 0.496 e. The van der Waals surface area contributed by atoms with Crippen LogP contribution in [0.15, 0.2) is 51.8 Å². The normalized spacial score (nSPS) is 10.1. The summed E-state index contributed by atoms with van der Waals surface area (Å²) < 4.78 is 5.92. The molecule has 0 aliphatic rings. The van der Waals surface area contributed by atoms with Gasteiger partial charge in [0.05, 0.1) is 17.1 Å². The Morgan fingerprint density at radius 3 is 2.63 bits per heavy atom. The topological polar surface area (TPSA) is 38.3 Å². The summed E-state index contributed by atoms with van der Waals surface area (Å²) in [6, 6.07) is 12.5. The van der Waals surface area contributed by atoms with Crippen LogP contribution in [0.5, 0.6) is 5.75 Å². The Morgan fingerprint density at radius 2 is 2.00 bits per heavy atom. The first kappa shape index (κ1) is 14.0. The van der Waals surface area contributed by atoms with E-state index in [1.54, 1.807) is 43.5 Å². The van der Waals surface area contributed by atoms with Crippen molar-refractivity contribution in [1.29, 1.82) is 0 Å². The van der Waals surface area contributed by atoms with E-state index in [0.717, 1.165) is 4.47 Å². The number of ether oxygens (including phenoxy) is 1. The summed E-state index contributed by atoms with van der Waals surface area (Å²) in [5, 5.41) is 2.82. The highest BCUT2D eigenvalue weighted by Gasteiger charge is 2.10. The molecule has 5 heteroatoms. The summed E-state index contributed by atoms with van der Waals surface area (Å²) in [4.78, 5) is 12.7.